The summed E-state index contributed by atoms with van der Waals surface area (Å²) < 4.78 is -1.56. The van der Waals surface area contributed by atoms with Crippen molar-refractivity contribution < 1.29 is 9.90 Å². The summed E-state index contributed by atoms with van der Waals surface area (Å²) in [4.78, 5) is 17.1. The number of carbonyl (C=O) groups is 1. The van der Waals surface area contributed by atoms with Crippen LogP contribution in [0.1, 0.15) is 29.2 Å². The third-order valence-corrected chi connectivity index (χ3v) is 6.19. The second-order valence-corrected chi connectivity index (χ2v) is 10.0. The number of hydrogen-bond donors (Lipinski definition) is 2. The predicted octanol–water partition coefficient (Wildman–Crippen LogP) is 3.90. The average molecular weight is 471 g/mol. The molecule has 3 N–H and O–H groups in total. The van der Waals surface area contributed by atoms with Gasteiger partial charge in [0.1, 0.15) is 0 Å². The molecular formula is C22H26Cl3N3O2. The van der Waals surface area contributed by atoms with E-state index in [4.69, 9.17) is 40.5 Å². The molecule has 0 aliphatic carbocycles. The van der Waals surface area contributed by atoms with Gasteiger partial charge in [0.15, 0.2) is 0 Å². The summed E-state index contributed by atoms with van der Waals surface area (Å²) >= 11 is 17.8. The number of hydrogen-bond acceptors (Lipinski definition) is 4. The summed E-state index contributed by atoms with van der Waals surface area (Å²) in [7, 11) is 1.80. The number of nitrogen functional groups attached to an aromatic ring is 1. The predicted molar refractivity (Wildman–Crippen MR) is 123 cm³/mol. The minimum absolute atomic E-state index is 0.0584. The van der Waals surface area contributed by atoms with Gasteiger partial charge in [-0.25, -0.2) is 0 Å². The van der Waals surface area contributed by atoms with E-state index in [1.165, 1.54) is 0 Å². The minimum atomic E-state index is -1.56. The lowest BCUT2D eigenvalue weighted by molar-refractivity contribution is -0.131. The number of rotatable bonds is 6. The lowest BCUT2D eigenvalue weighted by Gasteiger charge is -2.32. The zero-order valence-corrected chi connectivity index (χ0v) is 19.0. The number of aliphatic hydroxyl groups excluding tert-OH is 1. The van der Waals surface area contributed by atoms with E-state index in [2.05, 4.69) is 4.90 Å². The van der Waals surface area contributed by atoms with E-state index in [1.54, 1.807) is 30.1 Å². The molecule has 2 aromatic rings. The number of carbonyl (C=O) groups excluding carboxylic acids is 1. The van der Waals surface area contributed by atoms with Gasteiger partial charge < -0.3 is 15.7 Å². The van der Waals surface area contributed by atoms with Crippen molar-refractivity contribution >= 4 is 46.4 Å². The van der Waals surface area contributed by atoms with Crippen LogP contribution in [-0.2, 0) is 15.0 Å². The maximum absolute atomic E-state index is 13.1. The Kier molecular flexibility index (Phi) is 7.53. The highest BCUT2D eigenvalue weighted by Gasteiger charge is 2.29. The van der Waals surface area contributed by atoms with Crippen LogP contribution >= 0.6 is 34.8 Å². The number of β-amino-alcohol motifs (C(OH)–C–C–N with tert-alkyl or cyclic N) is 1. The van der Waals surface area contributed by atoms with E-state index in [0.29, 0.717) is 29.9 Å². The average Bonchev–Trinajstić information content (AvgIpc) is 3.11. The fourth-order valence-electron chi connectivity index (χ4n) is 3.74. The van der Waals surface area contributed by atoms with Crippen LogP contribution in [0.15, 0.2) is 48.5 Å². The first-order valence-corrected chi connectivity index (χ1v) is 10.9. The Morgan fingerprint density at radius 2 is 1.97 bits per heavy atom. The molecule has 1 fully saturated rings. The van der Waals surface area contributed by atoms with Gasteiger partial charge in [0, 0.05) is 37.9 Å². The van der Waals surface area contributed by atoms with Crippen molar-refractivity contribution in [3.05, 3.63) is 65.2 Å². The second-order valence-electron chi connectivity index (χ2n) is 7.72. The fourth-order valence-corrected chi connectivity index (χ4v) is 4.10. The zero-order chi connectivity index (χ0) is 21.9. The SMILES string of the molecule is CN(C(=O)Cc1ccc(C(Cl)(Cl)Cl)cc1N)C(CN1CCC(O)C1)c1ccccc1. The number of likely N-dealkylation sites (N-methyl/N-ethyl adjacent to an activating group) is 1. The van der Waals surface area contributed by atoms with Crippen molar-refractivity contribution in [3.63, 3.8) is 0 Å². The molecule has 1 amide bonds. The summed E-state index contributed by atoms with van der Waals surface area (Å²) in [5.74, 6) is -0.0584. The molecule has 30 heavy (non-hydrogen) atoms. The van der Waals surface area contributed by atoms with Crippen LogP contribution in [0.5, 0.6) is 0 Å². The standard InChI is InChI=1S/C22H26Cl3N3O2/c1-27(21(30)11-16-7-8-17(12-19(16)26)22(23,24)25)20(15-5-3-2-4-6-15)14-28-10-9-18(29)13-28/h2-8,12,18,20,29H,9-11,13-14,26H2,1H3. The van der Waals surface area contributed by atoms with Crippen LogP contribution in [0.2, 0.25) is 0 Å². The highest BCUT2D eigenvalue weighted by Crippen LogP contribution is 2.39. The molecule has 1 aliphatic rings. The summed E-state index contributed by atoms with van der Waals surface area (Å²) in [5.41, 5.74) is 8.74. The van der Waals surface area contributed by atoms with E-state index in [1.807, 2.05) is 30.3 Å². The molecule has 0 aromatic heterocycles. The molecule has 2 aromatic carbocycles. The van der Waals surface area contributed by atoms with Crippen LogP contribution in [-0.4, -0.2) is 53.6 Å². The van der Waals surface area contributed by atoms with Crippen LogP contribution in [0.4, 0.5) is 5.69 Å². The Bertz CT molecular complexity index is 874. The van der Waals surface area contributed by atoms with Crippen molar-refractivity contribution in [2.24, 2.45) is 0 Å². The second kappa shape index (κ2) is 9.75. The molecule has 3 rings (SSSR count). The Morgan fingerprint density at radius 3 is 2.53 bits per heavy atom. The van der Waals surface area contributed by atoms with Crippen molar-refractivity contribution in [1.82, 2.24) is 9.80 Å². The first-order chi connectivity index (χ1) is 14.1. The van der Waals surface area contributed by atoms with E-state index in [-0.39, 0.29) is 24.5 Å². The molecule has 2 unspecified atom stereocenters. The Morgan fingerprint density at radius 1 is 1.27 bits per heavy atom. The van der Waals surface area contributed by atoms with Gasteiger partial charge in [-0.15, -0.1) is 0 Å². The zero-order valence-electron chi connectivity index (χ0n) is 16.8. The number of likely N-dealkylation sites (tertiary alicyclic amines) is 1. The third kappa shape index (κ3) is 5.80. The first kappa shape index (κ1) is 23.2. The summed E-state index contributed by atoms with van der Waals surface area (Å²) in [6.07, 6.45) is 0.596. The van der Waals surface area contributed by atoms with Crippen molar-refractivity contribution in [2.45, 2.75) is 28.8 Å². The third-order valence-electron chi connectivity index (χ3n) is 5.54. The summed E-state index contributed by atoms with van der Waals surface area (Å²) in [6, 6.07) is 14.8. The number of anilines is 1. The van der Waals surface area contributed by atoms with Gasteiger partial charge in [0.05, 0.1) is 18.6 Å². The number of aliphatic hydroxyl groups is 1. The minimum Gasteiger partial charge on any atom is -0.398 e. The highest BCUT2D eigenvalue weighted by molar-refractivity contribution is 6.66. The molecule has 0 radical (unpaired) electrons. The quantitative estimate of drug-likeness (QED) is 0.496. The maximum Gasteiger partial charge on any atom is 0.227 e. The normalized spacial score (nSPS) is 18.4. The van der Waals surface area contributed by atoms with Gasteiger partial charge >= 0.3 is 0 Å². The van der Waals surface area contributed by atoms with Crippen LogP contribution < -0.4 is 5.73 Å². The number of amides is 1. The largest absolute Gasteiger partial charge is 0.398 e. The number of nitrogens with two attached hydrogens (primary N) is 1. The molecule has 2 atom stereocenters. The number of alkyl halides is 3. The number of benzene rings is 2. The molecule has 1 aliphatic heterocycles. The van der Waals surface area contributed by atoms with Gasteiger partial charge in [-0.3, -0.25) is 9.69 Å². The lowest BCUT2D eigenvalue weighted by atomic mass is 10.0. The van der Waals surface area contributed by atoms with E-state index >= 15 is 0 Å². The van der Waals surface area contributed by atoms with Crippen molar-refractivity contribution in [1.29, 1.82) is 0 Å². The Hall–Kier alpha value is -1.50. The molecule has 1 saturated heterocycles. The monoisotopic (exact) mass is 469 g/mol. The van der Waals surface area contributed by atoms with Gasteiger partial charge in [-0.2, -0.15) is 0 Å². The Balaban J connectivity index is 1.77. The smallest absolute Gasteiger partial charge is 0.227 e. The van der Waals surface area contributed by atoms with Crippen molar-refractivity contribution in [2.75, 3.05) is 32.4 Å². The molecule has 162 valence electrons. The lowest BCUT2D eigenvalue weighted by Crippen LogP contribution is -2.39. The molecular weight excluding hydrogens is 445 g/mol. The molecule has 0 bridgehead atoms. The van der Waals surface area contributed by atoms with Gasteiger partial charge in [0.25, 0.3) is 0 Å². The molecule has 5 nitrogen and oxygen atoms in total. The Labute approximate surface area is 192 Å². The van der Waals surface area contributed by atoms with E-state index < -0.39 is 3.79 Å². The molecule has 8 heteroatoms. The van der Waals surface area contributed by atoms with E-state index in [0.717, 1.165) is 18.5 Å². The van der Waals surface area contributed by atoms with Crippen molar-refractivity contribution in [3.8, 4) is 0 Å². The van der Waals surface area contributed by atoms with Gasteiger partial charge in [-0.1, -0.05) is 77.3 Å². The molecule has 1 heterocycles. The summed E-state index contributed by atoms with van der Waals surface area (Å²) in [6.45, 7) is 2.10. The first-order valence-electron chi connectivity index (χ1n) is 9.81. The molecule has 0 spiro atoms. The topological polar surface area (TPSA) is 69.8 Å². The van der Waals surface area contributed by atoms with Crippen LogP contribution in [0, 0.1) is 0 Å². The van der Waals surface area contributed by atoms with Crippen LogP contribution in [0.3, 0.4) is 0 Å². The highest BCUT2D eigenvalue weighted by atomic mass is 35.6. The fraction of sp³-hybridized carbons (Fsp3) is 0.409. The van der Waals surface area contributed by atoms with E-state index in [9.17, 15) is 9.90 Å². The van der Waals surface area contributed by atoms with Crippen LogP contribution in [0.25, 0.3) is 0 Å². The summed E-state index contributed by atoms with van der Waals surface area (Å²) in [5, 5.41) is 9.87. The number of nitrogens with zero attached hydrogens (tertiary/aromatic N) is 2. The van der Waals surface area contributed by atoms with Gasteiger partial charge in [0.2, 0.25) is 9.70 Å². The molecule has 0 saturated carbocycles. The maximum atomic E-state index is 13.1. The van der Waals surface area contributed by atoms with Gasteiger partial charge in [-0.05, 0) is 23.6 Å². The number of halogens is 3.